The zero-order valence-electron chi connectivity index (χ0n) is 21.3. The Kier molecular flexibility index (Phi) is 5.74. The summed E-state index contributed by atoms with van der Waals surface area (Å²) in [7, 11) is -1.33. The molecule has 0 aliphatic carbocycles. The molecule has 5 aromatic rings. The van der Waals surface area contributed by atoms with Crippen LogP contribution in [0.1, 0.15) is 36.5 Å². The van der Waals surface area contributed by atoms with Crippen LogP contribution in [0.4, 0.5) is 0 Å². The standard InChI is InChI=1S/C31H33NSSi/c1-19(2)28-18-23(17-22-10-8-9-11-27(22)28)29-31-26(14-15-32-29)21(4)30(33-31)25-13-12-24(16-20(25)3)34(5,6)7/h8-19H,1-7H3. The first-order valence-corrected chi connectivity index (χ1v) is 16.5. The molecule has 2 aromatic heterocycles. The lowest BCUT2D eigenvalue weighted by Crippen LogP contribution is -2.37. The highest BCUT2D eigenvalue weighted by Gasteiger charge is 2.20. The Morgan fingerprint density at radius 2 is 1.62 bits per heavy atom. The topological polar surface area (TPSA) is 12.9 Å². The van der Waals surface area contributed by atoms with E-state index in [0.29, 0.717) is 5.92 Å². The lowest BCUT2D eigenvalue weighted by molar-refractivity contribution is 0.876. The highest BCUT2D eigenvalue weighted by Crippen LogP contribution is 2.43. The van der Waals surface area contributed by atoms with Gasteiger partial charge in [-0.25, -0.2) is 0 Å². The minimum atomic E-state index is -1.33. The van der Waals surface area contributed by atoms with Crippen LogP contribution in [-0.4, -0.2) is 13.1 Å². The highest BCUT2D eigenvalue weighted by molar-refractivity contribution is 7.23. The van der Waals surface area contributed by atoms with Crippen molar-refractivity contribution in [1.29, 1.82) is 0 Å². The Balaban J connectivity index is 1.72. The van der Waals surface area contributed by atoms with Crippen LogP contribution in [-0.2, 0) is 0 Å². The number of nitrogens with zero attached hydrogens (tertiary/aromatic N) is 1. The summed E-state index contributed by atoms with van der Waals surface area (Å²) in [5.74, 6) is 0.456. The molecular formula is C31H33NSSi. The molecule has 0 spiro atoms. The summed E-state index contributed by atoms with van der Waals surface area (Å²) < 4.78 is 1.29. The van der Waals surface area contributed by atoms with Crippen LogP contribution in [0.25, 0.3) is 42.6 Å². The quantitative estimate of drug-likeness (QED) is 0.234. The summed E-state index contributed by atoms with van der Waals surface area (Å²) in [6.07, 6.45) is 1.98. The van der Waals surface area contributed by atoms with Crippen molar-refractivity contribution in [2.24, 2.45) is 0 Å². The molecule has 0 saturated carbocycles. The molecule has 2 heterocycles. The van der Waals surface area contributed by atoms with Gasteiger partial charge in [-0.15, -0.1) is 11.3 Å². The van der Waals surface area contributed by atoms with Gasteiger partial charge in [0.15, 0.2) is 0 Å². The van der Waals surface area contributed by atoms with Crippen LogP contribution in [0.5, 0.6) is 0 Å². The molecular weight excluding hydrogens is 447 g/mol. The molecule has 5 rings (SSSR count). The maximum absolute atomic E-state index is 4.92. The van der Waals surface area contributed by atoms with Crippen molar-refractivity contribution in [1.82, 2.24) is 4.98 Å². The third-order valence-corrected chi connectivity index (χ3v) is 10.4. The summed E-state index contributed by atoms with van der Waals surface area (Å²) in [4.78, 5) is 6.29. The SMILES string of the molecule is Cc1cc([Si](C)(C)C)ccc1-c1sc2c(-c3cc(C(C)C)c4ccccc4c3)nccc2c1C. The number of thiophene rings is 1. The van der Waals surface area contributed by atoms with E-state index in [-0.39, 0.29) is 0 Å². The van der Waals surface area contributed by atoms with Crippen molar-refractivity contribution in [3.05, 3.63) is 83.6 Å². The third-order valence-electron chi connectivity index (χ3n) is 6.98. The first-order valence-electron chi connectivity index (χ1n) is 12.2. The fourth-order valence-corrected chi connectivity index (χ4v) is 7.59. The second kappa shape index (κ2) is 8.48. The Bertz CT molecular complexity index is 1540. The van der Waals surface area contributed by atoms with Crippen LogP contribution in [0.3, 0.4) is 0 Å². The summed E-state index contributed by atoms with van der Waals surface area (Å²) in [6, 6.07) is 22.7. The molecule has 0 bridgehead atoms. The number of aromatic nitrogens is 1. The number of rotatable bonds is 4. The smallest absolute Gasteiger partial charge is 0.0880 e. The van der Waals surface area contributed by atoms with E-state index < -0.39 is 8.07 Å². The van der Waals surface area contributed by atoms with Gasteiger partial charge in [-0.3, -0.25) is 4.98 Å². The summed E-state index contributed by atoms with van der Waals surface area (Å²) in [6.45, 7) is 16.3. The average molecular weight is 480 g/mol. The molecule has 3 heteroatoms. The number of hydrogen-bond donors (Lipinski definition) is 0. The van der Waals surface area contributed by atoms with Gasteiger partial charge in [0.1, 0.15) is 0 Å². The van der Waals surface area contributed by atoms with Crippen molar-refractivity contribution in [3.8, 4) is 21.7 Å². The van der Waals surface area contributed by atoms with E-state index in [2.05, 4.69) is 108 Å². The first-order chi connectivity index (χ1) is 16.1. The van der Waals surface area contributed by atoms with Gasteiger partial charge in [0.2, 0.25) is 0 Å². The van der Waals surface area contributed by atoms with E-state index >= 15 is 0 Å². The van der Waals surface area contributed by atoms with Gasteiger partial charge in [0, 0.05) is 16.6 Å². The monoisotopic (exact) mass is 479 g/mol. The minimum Gasteiger partial charge on any atom is -0.255 e. The molecule has 0 unspecified atom stereocenters. The molecule has 0 atom stereocenters. The molecule has 172 valence electrons. The Labute approximate surface area is 208 Å². The van der Waals surface area contributed by atoms with E-state index in [1.54, 1.807) is 0 Å². The van der Waals surface area contributed by atoms with E-state index in [1.807, 2.05) is 17.5 Å². The predicted molar refractivity (Wildman–Crippen MR) is 155 cm³/mol. The Morgan fingerprint density at radius 1 is 0.853 bits per heavy atom. The van der Waals surface area contributed by atoms with E-state index in [0.717, 1.165) is 5.69 Å². The molecule has 1 nitrogen and oxygen atoms in total. The van der Waals surface area contributed by atoms with Crippen LogP contribution < -0.4 is 5.19 Å². The van der Waals surface area contributed by atoms with Crippen LogP contribution in [0.15, 0.2) is 66.9 Å². The first kappa shape index (κ1) is 23.0. The molecule has 0 amide bonds. The molecule has 0 aliphatic rings. The second-order valence-corrected chi connectivity index (χ2v) is 16.9. The number of fused-ring (bicyclic) bond motifs is 2. The number of benzene rings is 3. The largest absolute Gasteiger partial charge is 0.255 e. The molecule has 0 radical (unpaired) electrons. The van der Waals surface area contributed by atoms with Crippen molar-refractivity contribution >= 4 is 45.5 Å². The third kappa shape index (κ3) is 3.91. The summed E-state index contributed by atoms with van der Waals surface area (Å²) >= 11 is 1.89. The predicted octanol–water partition coefficient (Wildman–Crippen LogP) is 9.07. The van der Waals surface area contributed by atoms with Crippen molar-refractivity contribution in [2.45, 2.75) is 53.3 Å². The van der Waals surface area contributed by atoms with Gasteiger partial charge in [0.05, 0.1) is 18.5 Å². The Morgan fingerprint density at radius 3 is 2.32 bits per heavy atom. The van der Waals surface area contributed by atoms with Crippen LogP contribution in [0.2, 0.25) is 19.6 Å². The molecule has 34 heavy (non-hydrogen) atoms. The summed E-state index contributed by atoms with van der Waals surface area (Å²) in [5.41, 5.74) is 7.79. The second-order valence-electron chi connectivity index (χ2n) is 10.8. The molecule has 0 fully saturated rings. The van der Waals surface area contributed by atoms with Crippen molar-refractivity contribution < 1.29 is 0 Å². The van der Waals surface area contributed by atoms with E-state index in [1.165, 1.54) is 58.7 Å². The number of aryl methyl sites for hydroxylation is 2. The number of hydrogen-bond acceptors (Lipinski definition) is 2. The fraction of sp³-hybridized carbons (Fsp3) is 0.258. The maximum atomic E-state index is 4.92. The zero-order chi connectivity index (χ0) is 24.2. The van der Waals surface area contributed by atoms with Gasteiger partial charge in [-0.2, -0.15) is 0 Å². The van der Waals surface area contributed by atoms with Gasteiger partial charge >= 0.3 is 0 Å². The van der Waals surface area contributed by atoms with E-state index in [4.69, 9.17) is 4.98 Å². The van der Waals surface area contributed by atoms with Crippen molar-refractivity contribution in [2.75, 3.05) is 0 Å². The average Bonchev–Trinajstić information content (AvgIpc) is 3.14. The number of pyridine rings is 1. The lowest BCUT2D eigenvalue weighted by Gasteiger charge is -2.18. The van der Waals surface area contributed by atoms with Gasteiger partial charge in [0.25, 0.3) is 0 Å². The van der Waals surface area contributed by atoms with Gasteiger partial charge in [-0.05, 0) is 76.4 Å². The maximum Gasteiger partial charge on any atom is 0.0880 e. The molecule has 3 aromatic carbocycles. The van der Waals surface area contributed by atoms with Crippen LogP contribution in [0, 0.1) is 13.8 Å². The lowest BCUT2D eigenvalue weighted by atomic mass is 9.92. The molecule has 0 saturated heterocycles. The zero-order valence-corrected chi connectivity index (χ0v) is 23.1. The summed E-state index contributed by atoms with van der Waals surface area (Å²) in [5, 5.41) is 5.47. The van der Waals surface area contributed by atoms with Gasteiger partial charge in [-0.1, -0.05) is 81.1 Å². The Hall–Kier alpha value is -2.75. The van der Waals surface area contributed by atoms with Crippen LogP contribution >= 0.6 is 11.3 Å². The highest BCUT2D eigenvalue weighted by atomic mass is 32.1. The van der Waals surface area contributed by atoms with Gasteiger partial charge < -0.3 is 0 Å². The van der Waals surface area contributed by atoms with E-state index in [9.17, 15) is 0 Å². The molecule has 0 aliphatic heterocycles. The molecule has 0 N–H and O–H groups in total. The van der Waals surface area contributed by atoms with Crippen molar-refractivity contribution in [3.63, 3.8) is 0 Å². The fourth-order valence-electron chi connectivity index (χ4n) is 4.95. The minimum absolute atomic E-state index is 0.456. The normalized spacial score (nSPS) is 12.2.